The second kappa shape index (κ2) is 3.77. The van der Waals surface area contributed by atoms with Gasteiger partial charge in [0.25, 0.3) is 6.33 Å². The van der Waals surface area contributed by atoms with E-state index in [1.165, 1.54) is 5.56 Å². The Morgan fingerprint density at radius 3 is 2.40 bits per heavy atom. The topological polar surface area (TPSA) is 29.0 Å². The minimum Gasteiger partial charge on any atom is -0.350 e. The summed E-state index contributed by atoms with van der Waals surface area (Å²) in [5.74, 6) is 0. The number of benzene rings is 1. The van der Waals surface area contributed by atoms with E-state index in [1.807, 2.05) is 36.6 Å². The Morgan fingerprint density at radius 2 is 1.87 bits per heavy atom. The second-order valence-corrected chi connectivity index (χ2v) is 3.74. The van der Waals surface area contributed by atoms with Gasteiger partial charge >= 0.3 is 0 Å². The molecule has 2 rings (SSSR count). The molecule has 15 heavy (non-hydrogen) atoms. The van der Waals surface area contributed by atoms with E-state index in [1.54, 1.807) is 6.33 Å². The van der Waals surface area contributed by atoms with Gasteiger partial charge in [-0.1, -0.05) is 35.1 Å². The van der Waals surface area contributed by atoms with Crippen LogP contribution < -0.4 is 4.73 Å². The third kappa shape index (κ3) is 1.86. The maximum Gasteiger partial charge on any atom is 0.284 e. The van der Waals surface area contributed by atoms with Crippen molar-refractivity contribution in [3.05, 3.63) is 53.6 Å². The predicted octanol–water partition coefficient (Wildman–Crippen LogP) is 1.68. The first-order chi connectivity index (χ1) is 7.18. The quantitative estimate of drug-likeness (QED) is 0.584. The SMILES string of the molecule is Cc1c(C)[n+](O)cn1Cc1ccccc1. The van der Waals surface area contributed by atoms with Crippen molar-refractivity contribution in [2.24, 2.45) is 0 Å². The van der Waals surface area contributed by atoms with Crippen molar-refractivity contribution >= 4 is 0 Å². The van der Waals surface area contributed by atoms with Gasteiger partial charge in [-0.15, -0.1) is 0 Å². The fourth-order valence-electron chi connectivity index (χ4n) is 1.62. The lowest BCUT2D eigenvalue weighted by molar-refractivity contribution is -0.908. The lowest BCUT2D eigenvalue weighted by atomic mass is 10.2. The molecule has 0 amide bonds. The summed E-state index contributed by atoms with van der Waals surface area (Å²) < 4.78 is 3.20. The maximum absolute atomic E-state index is 9.49. The van der Waals surface area contributed by atoms with Gasteiger partial charge in [0.05, 0.1) is 0 Å². The van der Waals surface area contributed by atoms with Gasteiger partial charge in [0, 0.05) is 13.8 Å². The van der Waals surface area contributed by atoms with Gasteiger partial charge in [-0.3, -0.25) is 0 Å². The maximum atomic E-state index is 9.49. The Hall–Kier alpha value is -1.77. The summed E-state index contributed by atoms with van der Waals surface area (Å²) >= 11 is 0. The molecule has 0 aliphatic carbocycles. The molecule has 0 fully saturated rings. The molecular formula is C12H15N2O+. The highest BCUT2D eigenvalue weighted by Gasteiger charge is 2.15. The predicted molar refractivity (Wildman–Crippen MR) is 56.8 cm³/mol. The number of hydrogen-bond acceptors (Lipinski definition) is 1. The standard InChI is InChI=1S/C12H15N2O/c1-10-11(2)14(15)9-13(10)8-12-6-4-3-5-7-12/h3-7,9,15H,8H2,1-2H3/q+1. The van der Waals surface area contributed by atoms with Crippen LogP contribution >= 0.6 is 0 Å². The molecule has 0 aliphatic heterocycles. The molecule has 0 atom stereocenters. The fourth-order valence-corrected chi connectivity index (χ4v) is 1.62. The summed E-state index contributed by atoms with van der Waals surface area (Å²) in [4.78, 5) is 0. The van der Waals surface area contributed by atoms with Crippen molar-refractivity contribution in [1.29, 1.82) is 0 Å². The number of rotatable bonds is 2. The van der Waals surface area contributed by atoms with Crippen LogP contribution in [0, 0.1) is 13.8 Å². The monoisotopic (exact) mass is 203 g/mol. The van der Waals surface area contributed by atoms with E-state index in [0.29, 0.717) is 0 Å². The Morgan fingerprint density at radius 1 is 1.20 bits per heavy atom. The van der Waals surface area contributed by atoms with Crippen LogP contribution in [0.15, 0.2) is 36.7 Å². The van der Waals surface area contributed by atoms with Gasteiger partial charge in [0.15, 0.2) is 5.69 Å². The van der Waals surface area contributed by atoms with Gasteiger partial charge in [0.2, 0.25) is 0 Å². The first-order valence-electron chi connectivity index (χ1n) is 4.99. The van der Waals surface area contributed by atoms with E-state index in [-0.39, 0.29) is 0 Å². The molecule has 1 heterocycles. The zero-order valence-corrected chi connectivity index (χ0v) is 9.01. The summed E-state index contributed by atoms with van der Waals surface area (Å²) in [6, 6.07) is 10.2. The lowest BCUT2D eigenvalue weighted by Gasteiger charge is -1.98. The van der Waals surface area contributed by atoms with Crippen LogP contribution in [0.1, 0.15) is 17.0 Å². The van der Waals surface area contributed by atoms with Crippen molar-refractivity contribution in [3.63, 3.8) is 0 Å². The molecule has 1 aromatic heterocycles. The van der Waals surface area contributed by atoms with Gasteiger partial charge in [-0.05, 0) is 5.56 Å². The Balaban J connectivity index is 2.29. The Kier molecular flexibility index (Phi) is 2.46. The van der Waals surface area contributed by atoms with E-state index < -0.39 is 0 Å². The summed E-state index contributed by atoms with van der Waals surface area (Å²) in [5, 5.41) is 9.49. The van der Waals surface area contributed by atoms with Crippen molar-refractivity contribution < 1.29 is 9.94 Å². The minimum atomic E-state index is 0.793. The molecule has 2 aromatic rings. The van der Waals surface area contributed by atoms with Crippen LogP contribution in [0.2, 0.25) is 0 Å². The number of nitrogens with zero attached hydrogens (tertiary/aromatic N) is 2. The lowest BCUT2D eigenvalue weighted by Crippen LogP contribution is -2.30. The van der Waals surface area contributed by atoms with E-state index in [0.717, 1.165) is 22.7 Å². The van der Waals surface area contributed by atoms with E-state index in [2.05, 4.69) is 12.1 Å². The Bertz CT molecular complexity index is 460. The summed E-state index contributed by atoms with van der Waals surface area (Å²) in [6.07, 6.45) is 1.71. The molecule has 0 saturated carbocycles. The van der Waals surface area contributed by atoms with Crippen LogP contribution in [-0.2, 0) is 6.54 Å². The average Bonchev–Trinajstić information content (AvgIpc) is 2.48. The van der Waals surface area contributed by atoms with Crippen molar-refractivity contribution in [1.82, 2.24) is 4.57 Å². The molecule has 0 saturated heterocycles. The van der Waals surface area contributed by atoms with Gasteiger partial charge in [0.1, 0.15) is 12.2 Å². The van der Waals surface area contributed by atoms with Gasteiger partial charge in [-0.2, -0.15) is 0 Å². The fraction of sp³-hybridized carbons (Fsp3) is 0.250. The molecule has 3 nitrogen and oxygen atoms in total. The zero-order chi connectivity index (χ0) is 10.8. The molecule has 3 heteroatoms. The first kappa shape index (κ1) is 9.77. The number of aromatic nitrogens is 2. The molecule has 1 N–H and O–H groups in total. The highest BCUT2D eigenvalue weighted by molar-refractivity contribution is 5.16. The second-order valence-electron chi connectivity index (χ2n) is 3.74. The highest BCUT2D eigenvalue weighted by atomic mass is 16.5. The largest absolute Gasteiger partial charge is 0.350 e. The van der Waals surface area contributed by atoms with Gasteiger partial charge < -0.3 is 5.21 Å². The molecule has 0 bridgehead atoms. The van der Waals surface area contributed by atoms with Crippen LogP contribution in [0.3, 0.4) is 0 Å². The smallest absolute Gasteiger partial charge is 0.284 e. The number of hydrogen-bond donors (Lipinski definition) is 1. The summed E-state index contributed by atoms with van der Waals surface area (Å²) in [5.41, 5.74) is 3.20. The highest BCUT2D eigenvalue weighted by Crippen LogP contribution is 2.07. The molecule has 0 radical (unpaired) electrons. The van der Waals surface area contributed by atoms with Crippen molar-refractivity contribution in [3.8, 4) is 0 Å². The average molecular weight is 203 g/mol. The van der Waals surface area contributed by atoms with E-state index in [4.69, 9.17) is 0 Å². The van der Waals surface area contributed by atoms with E-state index >= 15 is 0 Å². The normalized spacial score (nSPS) is 10.5. The molecule has 1 aromatic carbocycles. The minimum absolute atomic E-state index is 0.793. The summed E-state index contributed by atoms with van der Waals surface area (Å²) in [6.45, 7) is 4.70. The third-order valence-corrected chi connectivity index (χ3v) is 2.74. The van der Waals surface area contributed by atoms with Crippen molar-refractivity contribution in [2.75, 3.05) is 0 Å². The number of imidazole rings is 1. The molecule has 78 valence electrons. The summed E-state index contributed by atoms with van der Waals surface area (Å²) in [7, 11) is 0. The molecule has 0 unspecified atom stereocenters. The van der Waals surface area contributed by atoms with Crippen LogP contribution in [0.5, 0.6) is 0 Å². The molecule has 0 spiro atoms. The molecular weight excluding hydrogens is 188 g/mol. The van der Waals surface area contributed by atoms with E-state index in [9.17, 15) is 5.21 Å². The molecule has 0 aliphatic rings. The third-order valence-electron chi connectivity index (χ3n) is 2.74. The van der Waals surface area contributed by atoms with Crippen LogP contribution in [-0.4, -0.2) is 9.77 Å². The van der Waals surface area contributed by atoms with Crippen LogP contribution in [0.4, 0.5) is 0 Å². The van der Waals surface area contributed by atoms with Gasteiger partial charge in [-0.25, -0.2) is 4.57 Å². The van der Waals surface area contributed by atoms with Crippen molar-refractivity contribution in [2.45, 2.75) is 20.4 Å². The zero-order valence-electron chi connectivity index (χ0n) is 9.01. The van der Waals surface area contributed by atoms with Crippen LogP contribution in [0.25, 0.3) is 0 Å². The Labute approximate surface area is 89.2 Å². The first-order valence-corrected chi connectivity index (χ1v) is 4.99.